The van der Waals surface area contributed by atoms with Crippen LogP contribution in [0.2, 0.25) is 0 Å². The summed E-state index contributed by atoms with van der Waals surface area (Å²) in [5.41, 5.74) is 0. The van der Waals surface area contributed by atoms with Crippen LogP contribution in [-0.2, 0) is 14.6 Å². The summed E-state index contributed by atoms with van der Waals surface area (Å²) >= 11 is 3.47. The van der Waals surface area contributed by atoms with E-state index in [1.54, 1.807) is 0 Å². The number of carbonyl (C=O) groups excluding carboxylic acids is 1. The van der Waals surface area contributed by atoms with Crippen LogP contribution in [0.5, 0.6) is 0 Å². The van der Waals surface area contributed by atoms with Gasteiger partial charge in [-0.05, 0) is 19.8 Å². The summed E-state index contributed by atoms with van der Waals surface area (Å²) in [6.45, 7) is 1.42. The van der Waals surface area contributed by atoms with E-state index in [1.807, 2.05) is 0 Å². The Bertz CT molecular complexity index is 341. The highest BCUT2D eigenvalue weighted by molar-refractivity contribution is 9.09. The first-order valence-electron chi connectivity index (χ1n) is 4.95. The van der Waals surface area contributed by atoms with Crippen molar-refractivity contribution < 1.29 is 13.2 Å². The number of rotatable bonds is 3. The maximum Gasteiger partial charge on any atom is 0.238 e. The molecule has 0 aromatic rings. The van der Waals surface area contributed by atoms with Gasteiger partial charge in [0.15, 0.2) is 9.84 Å². The standard InChI is InChI=1S/C9H16BrNO3S/c1-6(15(2,13)14)9(12)11-8-5-3-4-7(8)10/h6-8H,3-5H2,1-2H3,(H,11,12). The predicted octanol–water partition coefficient (Wildman–Crippen LogP) is 0.852. The minimum atomic E-state index is -3.29. The van der Waals surface area contributed by atoms with Gasteiger partial charge in [0.1, 0.15) is 5.25 Å². The number of sulfone groups is 1. The Labute approximate surface area is 98.9 Å². The first kappa shape index (κ1) is 13.0. The van der Waals surface area contributed by atoms with Gasteiger partial charge in [-0.1, -0.05) is 22.4 Å². The van der Waals surface area contributed by atoms with E-state index in [-0.39, 0.29) is 10.9 Å². The van der Waals surface area contributed by atoms with Crippen molar-refractivity contribution in [1.29, 1.82) is 0 Å². The number of alkyl halides is 1. The second-order valence-corrected chi connectivity index (χ2v) is 7.58. The molecule has 0 spiro atoms. The fourth-order valence-electron chi connectivity index (χ4n) is 1.57. The van der Waals surface area contributed by atoms with Gasteiger partial charge in [0.25, 0.3) is 0 Å². The maximum atomic E-state index is 11.6. The molecule has 0 aromatic carbocycles. The van der Waals surface area contributed by atoms with Crippen molar-refractivity contribution in [3.63, 3.8) is 0 Å². The number of carbonyl (C=O) groups is 1. The third kappa shape index (κ3) is 3.45. The molecule has 1 fully saturated rings. The van der Waals surface area contributed by atoms with Crippen LogP contribution >= 0.6 is 15.9 Å². The molecule has 1 N–H and O–H groups in total. The zero-order valence-corrected chi connectivity index (χ0v) is 11.3. The average Bonchev–Trinajstić information content (AvgIpc) is 2.49. The molecule has 4 nitrogen and oxygen atoms in total. The number of halogens is 1. The van der Waals surface area contributed by atoms with E-state index >= 15 is 0 Å². The zero-order chi connectivity index (χ0) is 11.6. The topological polar surface area (TPSA) is 63.2 Å². The van der Waals surface area contributed by atoms with Crippen LogP contribution in [0.1, 0.15) is 26.2 Å². The third-order valence-corrected chi connectivity index (χ3v) is 5.37. The summed E-state index contributed by atoms with van der Waals surface area (Å²) in [7, 11) is -3.29. The predicted molar refractivity (Wildman–Crippen MR) is 62.8 cm³/mol. The van der Waals surface area contributed by atoms with Crippen LogP contribution in [-0.4, -0.2) is 36.7 Å². The molecule has 0 radical (unpaired) electrons. The fourth-order valence-corrected chi connectivity index (χ4v) is 2.75. The molecule has 15 heavy (non-hydrogen) atoms. The highest BCUT2D eigenvalue weighted by Crippen LogP contribution is 2.25. The molecule has 3 unspecified atom stereocenters. The molecular weight excluding hydrogens is 282 g/mol. The fraction of sp³-hybridized carbons (Fsp3) is 0.889. The van der Waals surface area contributed by atoms with Crippen molar-refractivity contribution in [2.24, 2.45) is 0 Å². The van der Waals surface area contributed by atoms with Gasteiger partial charge in [0, 0.05) is 17.1 Å². The molecule has 3 atom stereocenters. The van der Waals surface area contributed by atoms with Gasteiger partial charge in [-0.3, -0.25) is 4.79 Å². The average molecular weight is 298 g/mol. The smallest absolute Gasteiger partial charge is 0.238 e. The summed E-state index contributed by atoms with van der Waals surface area (Å²) in [6, 6.07) is 0.0710. The summed E-state index contributed by atoms with van der Waals surface area (Å²) in [5, 5.41) is 1.81. The molecule has 6 heteroatoms. The lowest BCUT2D eigenvalue weighted by atomic mass is 10.2. The Morgan fingerprint density at radius 2 is 2.07 bits per heavy atom. The largest absolute Gasteiger partial charge is 0.351 e. The van der Waals surface area contributed by atoms with Gasteiger partial charge >= 0.3 is 0 Å². The first-order chi connectivity index (χ1) is 6.82. The Morgan fingerprint density at radius 1 is 1.47 bits per heavy atom. The van der Waals surface area contributed by atoms with Crippen molar-refractivity contribution in [2.45, 2.75) is 42.3 Å². The molecule has 88 valence electrons. The minimum absolute atomic E-state index is 0.0710. The van der Waals surface area contributed by atoms with Gasteiger partial charge in [-0.2, -0.15) is 0 Å². The van der Waals surface area contributed by atoms with Gasteiger partial charge < -0.3 is 5.32 Å². The van der Waals surface area contributed by atoms with E-state index in [4.69, 9.17) is 0 Å². The second kappa shape index (κ2) is 4.82. The van der Waals surface area contributed by atoms with Crippen molar-refractivity contribution in [3.8, 4) is 0 Å². The quantitative estimate of drug-likeness (QED) is 0.786. The zero-order valence-electron chi connectivity index (χ0n) is 8.86. The normalized spacial score (nSPS) is 28.7. The monoisotopic (exact) mass is 297 g/mol. The molecule has 0 aliphatic heterocycles. The molecule has 0 bridgehead atoms. The molecule has 1 aliphatic carbocycles. The highest BCUT2D eigenvalue weighted by Gasteiger charge is 2.30. The highest BCUT2D eigenvalue weighted by atomic mass is 79.9. The van der Waals surface area contributed by atoms with Crippen LogP contribution in [0.4, 0.5) is 0 Å². The molecule has 1 rings (SSSR count). The third-order valence-electron chi connectivity index (χ3n) is 2.77. The Morgan fingerprint density at radius 3 is 2.47 bits per heavy atom. The van der Waals surface area contributed by atoms with Crippen molar-refractivity contribution in [1.82, 2.24) is 5.32 Å². The second-order valence-electron chi connectivity index (χ2n) is 4.03. The van der Waals surface area contributed by atoms with E-state index in [1.165, 1.54) is 6.92 Å². The SMILES string of the molecule is CC(C(=O)NC1CCCC1Br)S(C)(=O)=O. The minimum Gasteiger partial charge on any atom is -0.351 e. The lowest BCUT2D eigenvalue weighted by Crippen LogP contribution is -2.44. The van der Waals surface area contributed by atoms with Crippen LogP contribution in [0, 0.1) is 0 Å². The summed E-state index contributed by atoms with van der Waals surface area (Å²) < 4.78 is 22.3. The summed E-state index contributed by atoms with van der Waals surface area (Å²) in [5.74, 6) is -0.395. The van der Waals surface area contributed by atoms with E-state index in [0.29, 0.717) is 0 Å². The number of nitrogens with one attached hydrogen (secondary N) is 1. The summed E-state index contributed by atoms with van der Waals surface area (Å²) in [6.07, 6.45) is 4.09. The number of hydrogen-bond acceptors (Lipinski definition) is 3. The molecular formula is C9H16BrNO3S. The number of amides is 1. The molecule has 1 aliphatic rings. The van der Waals surface area contributed by atoms with E-state index < -0.39 is 21.0 Å². The van der Waals surface area contributed by atoms with Crippen LogP contribution < -0.4 is 5.32 Å². The van der Waals surface area contributed by atoms with Gasteiger partial charge in [0.05, 0.1) is 0 Å². The van der Waals surface area contributed by atoms with E-state index in [0.717, 1.165) is 25.5 Å². The summed E-state index contributed by atoms with van der Waals surface area (Å²) in [4.78, 5) is 11.9. The van der Waals surface area contributed by atoms with Crippen LogP contribution in [0.15, 0.2) is 0 Å². The van der Waals surface area contributed by atoms with Gasteiger partial charge in [0.2, 0.25) is 5.91 Å². The Kier molecular flexibility index (Phi) is 4.17. The number of hydrogen-bond donors (Lipinski definition) is 1. The molecule has 0 saturated heterocycles. The Balaban J connectivity index is 2.56. The van der Waals surface area contributed by atoms with Crippen molar-refractivity contribution in [2.75, 3.05) is 6.26 Å². The van der Waals surface area contributed by atoms with Crippen LogP contribution in [0.25, 0.3) is 0 Å². The van der Waals surface area contributed by atoms with Gasteiger partial charge in [-0.25, -0.2) is 8.42 Å². The lowest BCUT2D eigenvalue weighted by Gasteiger charge is -2.18. The molecule has 0 aromatic heterocycles. The molecule has 1 saturated carbocycles. The molecule has 0 heterocycles. The first-order valence-corrected chi connectivity index (χ1v) is 7.82. The maximum absolute atomic E-state index is 11.6. The molecule has 1 amide bonds. The van der Waals surface area contributed by atoms with E-state index in [2.05, 4.69) is 21.2 Å². The van der Waals surface area contributed by atoms with E-state index in [9.17, 15) is 13.2 Å². The van der Waals surface area contributed by atoms with Crippen molar-refractivity contribution >= 4 is 31.7 Å². The van der Waals surface area contributed by atoms with Crippen molar-refractivity contribution in [3.05, 3.63) is 0 Å². The Hall–Kier alpha value is -0.100. The lowest BCUT2D eigenvalue weighted by molar-refractivity contribution is -0.121. The van der Waals surface area contributed by atoms with Crippen LogP contribution in [0.3, 0.4) is 0 Å². The van der Waals surface area contributed by atoms with Gasteiger partial charge in [-0.15, -0.1) is 0 Å².